The quantitative estimate of drug-likeness (QED) is 0.504. The second-order valence-corrected chi connectivity index (χ2v) is 7.39. The number of imide groups is 1. The average Bonchev–Trinajstić information content (AvgIpc) is 3.46. The summed E-state index contributed by atoms with van der Waals surface area (Å²) in [5, 5.41) is 14.2. The van der Waals surface area contributed by atoms with Crippen molar-refractivity contribution in [1.29, 1.82) is 0 Å². The van der Waals surface area contributed by atoms with E-state index in [0.717, 1.165) is 17.1 Å². The first-order chi connectivity index (χ1) is 13.5. The van der Waals surface area contributed by atoms with Gasteiger partial charge in [-0.1, -0.05) is 12.2 Å². The predicted molar refractivity (Wildman–Crippen MR) is 99.9 cm³/mol. The third-order valence-corrected chi connectivity index (χ3v) is 5.93. The van der Waals surface area contributed by atoms with Crippen LogP contribution in [-0.4, -0.2) is 38.7 Å². The number of carbonyl (C=O) groups is 3. The molecule has 1 saturated heterocycles. The Morgan fingerprint density at radius 1 is 1.04 bits per heavy atom. The van der Waals surface area contributed by atoms with E-state index in [1.165, 1.54) is 18.3 Å². The zero-order chi connectivity index (χ0) is 19.4. The summed E-state index contributed by atoms with van der Waals surface area (Å²) in [6.07, 6.45) is 8.30. The highest BCUT2D eigenvalue weighted by Gasteiger charge is 2.59. The van der Waals surface area contributed by atoms with Gasteiger partial charge in [0.2, 0.25) is 0 Å². The Bertz CT molecular complexity index is 1020. The van der Waals surface area contributed by atoms with Crippen molar-refractivity contribution in [1.82, 2.24) is 9.58 Å². The van der Waals surface area contributed by atoms with Crippen LogP contribution in [0, 0.1) is 23.7 Å². The zero-order valence-corrected chi connectivity index (χ0v) is 14.8. The highest BCUT2D eigenvalue weighted by atomic mass is 16.4. The van der Waals surface area contributed by atoms with Crippen LogP contribution < -0.4 is 0 Å². The smallest absolute Gasteiger partial charge is 0.335 e. The Morgan fingerprint density at radius 2 is 1.68 bits per heavy atom. The molecule has 1 N–H and O–H groups in total. The molecule has 4 atom stereocenters. The minimum Gasteiger partial charge on any atom is -0.478 e. The lowest BCUT2D eigenvalue weighted by atomic mass is 9.85. The van der Waals surface area contributed by atoms with Crippen molar-refractivity contribution < 1.29 is 19.5 Å². The van der Waals surface area contributed by atoms with Crippen molar-refractivity contribution in [2.24, 2.45) is 28.8 Å². The van der Waals surface area contributed by atoms with Crippen LogP contribution >= 0.6 is 0 Å². The number of amides is 2. The molecular weight excluding hydrogens is 358 g/mol. The first-order valence-corrected chi connectivity index (χ1v) is 9.16. The maximum Gasteiger partial charge on any atom is 0.335 e. The van der Waals surface area contributed by atoms with Crippen molar-refractivity contribution in [3.05, 3.63) is 66.0 Å². The van der Waals surface area contributed by atoms with Gasteiger partial charge >= 0.3 is 5.97 Å². The minimum absolute atomic E-state index is 0.156. The second kappa shape index (κ2) is 6.02. The summed E-state index contributed by atoms with van der Waals surface area (Å²) in [7, 11) is 0. The molecule has 3 aliphatic rings. The van der Waals surface area contributed by atoms with E-state index in [2.05, 4.69) is 17.3 Å². The number of rotatable bonds is 4. The lowest BCUT2D eigenvalue weighted by molar-refractivity contribution is -0.140. The number of benzene rings is 1. The standard InChI is InChI=1S/C21H17N3O4/c25-19-17-13-3-4-14(10-13)18(17)20(26)24(19)22-11-16-2-1-9-23(16)15-7-5-12(6-8-15)21(27)28/h1-9,11,13-14,17-18H,10H2,(H,27,28). The van der Waals surface area contributed by atoms with Gasteiger partial charge in [0.25, 0.3) is 11.8 Å². The van der Waals surface area contributed by atoms with Gasteiger partial charge in [-0.25, -0.2) is 4.79 Å². The van der Waals surface area contributed by atoms with Crippen LogP contribution in [0.2, 0.25) is 0 Å². The topological polar surface area (TPSA) is 92.0 Å². The number of carbonyl (C=O) groups excluding carboxylic acids is 2. The van der Waals surface area contributed by atoms with Gasteiger partial charge < -0.3 is 9.67 Å². The molecular formula is C21H17N3O4. The molecule has 2 aliphatic carbocycles. The Balaban J connectivity index is 1.40. The summed E-state index contributed by atoms with van der Waals surface area (Å²) >= 11 is 0. The number of nitrogens with zero attached hydrogens (tertiary/aromatic N) is 3. The van der Waals surface area contributed by atoms with Crippen molar-refractivity contribution in [3.8, 4) is 5.69 Å². The molecule has 7 nitrogen and oxygen atoms in total. The third-order valence-electron chi connectivity index (χ3n) is 5.93. The Hall–Kier alpha value is -3.48. The molecule has 140 valence electrons. The molecule has 0 radical (unpaired) electrons. The number of carboxylic acid groups (broad SMARTS) is 1. The number of hydrogen-bond donors (Lipinski definition) is 1. The second-order valence-electron chi connectivity index (χ2n) is 7.39. The highest BCUT2D eigenvalue weighted by Crippen LogP contribution is 2.52. The maximum absolute atomic E-state index is 12.7. The summed E-state index contributed by atoms with van der Waals surface area (Å²) < 4.78 is 1.81. The molecule has 2 fully saturated rings. The molecule has 2 heterocycles. The van der Waals surface area contributed by atoms with Crippen molar-refractivity contribution in [3.63, 3.8) is 0 Å². The minimum atomic E-state index is -0.985. The van der Waals surface area contributed by atoms with E-state index in [9.17, 15) is 14.4 Å². The fraction of sp³-hybridized carbons (Fsp3) is 0.238. The van der Waals surface area contributed by atoms with Gasteiger partial charge in [-0.2, -0.15) is 10.1 Å². The van der Waals surface area contributed by atoms with Gasteiger partial charge in [0.1, 0.15) is 0 Å². The first kappa shape index (κ1) is 16.7. The van der Waals surface area contributed by atoms with E-state index < -0.39 is 5.97 Å². The molecule has 5 rings (SSSR count). The molecule has 1 aromatic heterocycles. The lowest BCUT2D eigenvalue weighted by Crippen LogP contribution is -2.28. The van der Waals surface area contributed by atoms with Gasteiger partial charge in [-0.15, -0.1) is 0 Å². The van der Waals surface area contributed by atoms with Crippen LogP contribution in [0.3, 0.4) is 0 Å². The van der Waals surface area contributed by atoms with Crippen molar-refractivity contribution >= 4 is 24.0 Å². The number of hydrogen-bond acceptors (Lipinski definition) is 4. The average molecular weight is 375 g/mol. The fourth-order valence-electron chi connectivity index (χ4n) is 4.62. The molecule has 1 aromatic carbocycles. The van der Waals surface area contributed by atoms with Crippen LogP contribution in [0.25, 0.3) is 5.69 Å². The summed E-state index contributed by atoms with van der Waals surface area (Å²) in [6.45, 7) is 0. The van der Waals surface area contributed by atoms with Crippen LogP contribution in [0.5, 0.6) is 0 Å². The number of aromatic nitrogens is 1. The summed E-state index contributed by atoms with van der Waals surface area (Å²) in [6, 6.07) is 10.1. The van der Waals surface area contributed by atoms with Crippen molar-refractivity contribution in [2.45, 2.75) is 6.42 Å². The highest BCUT2D eigenvalue weighted by molar-refractivity contribution is 6.06. The van der Waals surface area contributed by atoms with Crippen LogP contribution in [-0.2, 0) is 9.59 Å². The molecule has 28 heavy (non-hydrogen) atoms. The van der Waals surface area contributed by atoms with Gasteiger partial charge in [0.05, 0.1) is 29.3 Å². The zero-order valence-electron chi connectivity index (χ0n) is 14.8. The van der Waals surface area contributed by atoms with Gasteiger partial charge in [0, 0.05) is 11.9 Å². The van der Waals surface area contributed by atoms with E-state index in [0.29, 0.717) is 5.69 Å². The number of allylic oxidation sites excluding steroid dienone is 2. The molecule has 7 heteroatoms. The molecule has 0 spiro atoms. The van der Waals surface area contributed by atoms with Crippen LogP contribution in [0.1, 0.15) is 22.5 Å². The maximum atomic E-state index is 12.7. The van der Waals surface area contributed by atoms with Crippen LogP contribution in [0.4, 0.5) is 0 Å². The van der Waals surface area contributed by atoms with Crippen LogP contribution in [0.15, 0.2) is 59.8 Å². The molecule has 2 bridgehead atoms. The fourth-order valence-corrected chi connectivity index (χ4v) is 4.62. The summed E-state index contributed by atoms with van der Waals surface area (Å²) in [5.74, 6) is -1.64. The summed E-state index contributed by atoms with van der Waals surface area (Å²) in [5.41, 5.74) is 1.64. The summed E-state index contributed by atoms with van der Waals surface area (Å²) in [4.78, 5) is 36.4. The van der Waals surface area contributed by atoms with Crippen molar-refractivity contribution in [2.75, 3.05) is 0 Å². The van der Waals surface area contributed by atoms with E-state index in [4.69, 9.17) is 5.11 Å². The number of carboxylic acids is 1. The van der Waals surface area contributed by atoms with E-state index in [1.54, 1.807) is 12.1 Å². The molecule has 4 unspecified atom stereocenters. The van der Waals surface area contributed by atoms with Gasteiger partial charge in [-0.3, -0.25) is 9.59 Å². The number of hydrazone groups is 1. The van der Waals surface area contributed by atoms with E-state index >= 15 is 0 Å². The number of fused-ring (bicyclic) bond motifs is 5. The molecule has 2 aromatic rings. The Morgan fingerprint density at radius 3 is 2.29 bits per heavy atom. The lowest BCUT2D eigenvalue weighted by Gasteiger charge is -2.13. The monoisotopic (exact) mass is 375 g/mol. The third kappa shape index (κ3) is 2.36. The normalized spacial score (nSPS) is 27.9. The van der Waals surface area contributed by atoms with Gasteiger partial charge in [-0.05, 0) is 54.7 Å². The van der Waals surface area contributed by atoms with Gasteiger partial charge in [0.15, 0.2) is 0 Å². The Kier molecular flexibility index (Phi) is 3.58. The van der Waals surface area contributed by atoms with E-state index in [1.807, 2.05) is 22.9 Å². The Labute approximate surface area is 160 Å². The number of aromatic carboxylic acids is 1. The van der Waals surface area contributed by atoms with E-state index in [-0.39, 0.29) is 41.0 Å². The first-order valence-electron chi connectivity index (χ1n) is 9.16. The SMILES string of the molecule is O=C(O)c1ccc(-n2cccc2C=NN2C(=O)C3C4C=CC(C4)C3C2=O)cc1. The predicted octanol–water partition coefficient (Wildman–Crippen LogP) is 2.32. The molecule has 2 amide bonds. The molecule has 1 aliphatic heterocycles. The molecule has 1 saturated carbocycles. The largest absolute Gasteiger partial charge is 0.478 e.